The van der Waals surface area contributed by atoms with E-state index in [1.807, 2.05) is 31.7 Å². The molecule has 6 heteroatoms. The molecule has 0 aromatic heterocycles. The van der Waals surface area contributed by atoms with Crippen molar-refractivity contribution < 1.29 is 8.42 Å². The lowest BCUT2D eigenvalue weighted by Gasteiger charge is -2.30. The van der Waals surface area contributed by atoms with E-state index in [0.29, 0.717) is 29.1 Å². The zero-order valence-corrected chi connectivity index (χ0v) is 14.4. The van der Waals surface area contributed by atoms with Crippen molar-refractivity contribution in [1.82, 2.24) is 4.31 Å². The van der Waals surface area contributed by atoms with Crippen molar-refractivity contribution in [2.45, 2.75) is 36.8 Å². The normalized spacial score (nSPS) is 21.1. The van der Waals surface area contributed by atoms with Gasteiger partial charge in [-0.3, -0.25) is 0 Å². The number of sulfonamides is 1. The molecule has 1 aliphatic rings. The van der Waals surface area contributed by atoms with Crippen molar-refractivity contribution in [3.63, 3.8) is 0 Å². The Morgan fingerprint density at radius 1 is 1.35 bits per heavy atom. The van der Waals surface area contributed by atoms with Gasteiger partial charge in [0.15, 0.2) is 0 Å². The van der Waals surface area contributed by atoms with Gasteiger partial charge in [-0.15, -0.1) is 11.6 Å². The number of benzene rings is 1. The minimum Gasteiger partial charge on any atom is -0.207 e. The average Bonchev–Trinajstić information content (AvgIpc) is 2.38. The van der Waals surface area contributed by atoms with Crippen LogP contribution in [0.15, 0.2) is 17.0 Å². The number of hydrogen-bond acceptors (Lipinski definition) is 3. The molecule has 1 heterocycles. The van der Waals surface area contributed by atoms with Gasteiger partial charge >= 0.3 is 0 Å². The number of hydrogen-bond donors (Lipinski definition) is 0. The van der Waals surface area contributed by atoms with E-state index in [0.717, 1.165) is 22.4 Å². The molecule has 1 aromatic carbocycles. The minimum absolute atomic E-state index is 0.334. The zero-order valence-electron chi connectivity index (χ0n) is 12.0. The predicted molar refractivity (Wildman–Crippen MR) is 86.2 cm³/mol. The Kier molecular flexibility index (Phi) is 5.05. The molecular weight excluding hydrogens is 314 g/mol. The smallest absolute Gasteiger partial charge is 0.207 e. The molecule has 1 unspecified atom stereocenters. The summed E-state index contributed by atoms with van der Waals surface area (Å²) in [6, 6.07) is 3.64. The summed E-state index contributed by atoms with van der Waals surface area (Å²) < 4.78 is 27.2. The summed E-state index contributed by atoms with van der Waals surface area (Å²) in [5.41, 5.74) is 2.72. The van der Waals surface area contributed by atoms with E-state index in [-0.39, 0.29) is 0 Å². The van der Waals surface area contributed by atoms with Crippen LogP contribution in [0.4, 0.5) is 0 Å². The zero-order chi connectivity index (χ0) is 14.9. The maximum Gasteiger partial charge on any atom is 0.243 e. The van der Waals surface area contributed by atoms with Crippen molar-refractivity contribution in [2.75, 3.05) is 18.8 Å². The quantitative estimate of drug-likeness (QED) is 0.797. The first kappa shape index (κ1) is 16.1. The third-order valence-corrected chi connectivity index (χ3v) is 7.03. The van der Waals surface area contributed by atoms with Gasteiger partial charge in [-0.05, 0) is 36.6 Å². The molecule has 0 bridgehead atoms. The van der Waals surface area contributed by atoms with Crippen LogP contribution in [0.25, 0.3) is 0 Å². The van der Waals surface area contributed by atoms with Crippen LogP contribution in [0.1, 0.15) is 23.6 Å². The van der Waals surface area contributed by atoms with Gasteiger partial charge in [-0.25, -0.2) is 8.42 Å². The second kappa shape index (κ2) is 6.26. The van der Waals surface area contributed by atoms with Crippen LogP contribution in [-0.2, 0) is 15.9 Å². The fourth-order valence-electron chi connectivity index (χ4n) is 2.44. The van der Waals surface area contributed by atoms with Gasteiger partial charge in [-0.2, -0.15) is 16.1 Å². The third kappa shape index (κ3) is 3.16. The van der Waals surface area contributed by atoms with Crippen LogP contribution in [0.2, 0.25) is 0 Å². The molecule has 0 N–H and O–H groups in total. The molecule has 0 spiro atoms. The molecule has 0 radical (unpaired) electrons. The lowest BCUT2D eigenvalue weighted by molar-refractivity contribution is 0.424. The number of alkyl halides is 1. The lowest BCUT2D eigenvalue weighted by atomic mass is 10.1. The number of rotatable bonds is 3. The molecule has 0 aliphatic carbocycles. The van der Waals surface area contributed by atoms with E-state index >= 15 is 0 Å². The molecule has 112 valence electrons. The maximum absolute atomic E-state index is 12.8. The van der Waals surface area contributed by atoms with Gasteiger partial charge in [0.25, 0.3) is 0 Å². The van der Waals surface area contributed by atoms with Gasteiger partial charge in [0.2, 0.25) is 10.0 Å². The molecule has 1 aliphatic heterocycles. The van der Waals surface area contributed by atoms with Crippen LogP contribution in [0.3, 0.4) is 0 Å². The van der Waals surface area contributed by atoms with Crippen LogP contribution >= 0.6 is 23.4 Å². The summed E-state index contributed by atoms with van der Waals surface area (Å²) in [6.07, 6.45) is 0. The van der Waals surface area contributed by atoms with Gasteiger partial charge < -0.3 is 0 Å². The number of nitrogens with zero attached hydrogens (tertiary/aromatic N) is 1. The van der Waals surface area contributed by atoms with Crippen molar-refractivity contribution in [1.29, 1.82) is 0 Å². The molecule has 0 saturated carbocycles. The molecule has 1 atom stereocenters. The molecule has 1 aromatic rings. The van der Waals surface area contributed by atoms with Crippen molar-refractivity contribution in [2.24, 2.45) is 0 Å². The summed E-state index contributed by atoms with van der Waals surface area (Å²) in [6.45, 7) is 7.04. The van der Waals surface area contributed by atoms with Crippen LogP contribution in [-0.4, -0.2) is 36.8 Å². The Bertz CT molecular complexity index is 601. The molecule has 2 rings (SSSR count). The van der Waals surface area contributed by atoms with E-state index in [4.69, 9.17) is 11.6 Å². The van der Waals surface area contributed by atoms with Crippen LogP contribution in [0, 0.1) is 13.8 Å². The standard InChI is InChI=1S/C14H20ClNO2S2/c1-10-6-11(2)14(7-13(10)8-15)20(17,18)16-4-5-19-12(3)9-16/h6-7,12H,4-5,8-9H2,1-3H3. The second-order valence-electron chi connectivity index (χ2n) is 5.22. The Labute approximate surface area is 130 Å². The number of aryl methyl sites for hydroxylation is 2. The Morgan fingerprint density at radius 3 is 2.65 bits per heavy atom. The fourth-order valence-corrected chi connectivity index (χ4v) is 5.74. The van der Waals surface area contributed by atoms with E-state index < -0.39 is 10.0 Å². The monoisotopic (exact) mass is 333 g/mol. The highest BCUT2D eigenvalue weighted by Crippen LogP contribution is 2.28. The Hall–Kier alpha value is -0.230. The van der Waals surface area contributed by atoms with E-state index in [1.54, 1.807) is 10.4 Å². The van der Waals surface area contributed by atoms with E-state index in [2.05, 4.69) is 6.92 Å². The topological polar surface area (TPSA) is 37.4 Å². The Morgan fingerprint density at radius 2 is 2.05 bits per heavy atom. The molecule has 1 fully saturated rings. The minimum atomic E-state index is -3.41. The first-order valence-corrected chi connectivity index (χ1v) is 9.66. The van der Waals surface area contributed by atoms with Gasteiger partial charge in [0.05, 0.1) is 4.90 Å². The molecule has 1 saturated heterocycles. The number of thioether (sulfide) groups is 1. The summed E-state index contributed by atoms with van der Waals surface area (Å²) in [7, 11) is -3.41. The molecule has 3 nitrogen and oxygen atoms in total. The maximum atomic E-state index is 12.8. The summed E-state index contributed by atoms with van der Waals surface area (Å²) in [5.74, 6) is 1.19. The predicted octanol–water partition coefficient (Wildman–Crippen LogP) is 3.17. The average molecular weight is 334 g/mol. The first-order chi connectivity index (χ1) is 9.36. The fraction of sp³-hybridized carbons (Fsp3) is 0.571. The van der Waals surface area contributed by atoms with Crippen LogP contribution < -0.4 is 0 Å². The Balaban J connectivity index is 2.43. The van der Waals surface area contributed by atoms with Crippen LogP contribution in [0.5, 0.6) is 0 Å². The first-order valence-electron chi connectivity index (χ1n) is 6.64. The highest BCUT2D eigenvalue weighted by molar-refractivity contribution is 8.00. The lowest BCUT2D eigenvalue weighted by Crippen LogP contribution is -2.41. The summed E-state index contributed by atoms with van der Waals surface area (Å²) in [4.78, 5) is 0.401. The summed E-state index contributed by atoms with van der Waals surface area (Å²) in [5, 5.41) is 0.344. The van der Waals surface area contributed by atoms with E-state index in [9.17, 15) is 8.42 Å². The SMILES string of the molecule is Cc1cc(C)c(S(=O)(=O)N2CCSC(C)C2)cc1CCl. The van der Waals surface area contributed by atoms with Crippen molar-refractivity contribution >= 4 is 33.4 Å². The molecular formula is C14H20ClNO2S2. The van der Waals surface area contributed by atoms with Gasteiger partial charge in [0, 0.05) is 30.0 Å². The van der Waals surface area contributed by atoms with Gasteiger partial charge in [0.1, 0.15) is 0 Å². The van der Waals surface area contributed by atoms with Crippen molar-refractivity contribution in [3.8, 4) is 0 Å². The largest absolute Gasteiger partial charge is 0.243 e. The molecule has 20 heavy (non-hydrogen) atoms. The number of halogens is 1. The third-order valence-electron chi connectivity index (χ3n) is 3.60. The van der Waals surface area contributed by atoms with Crippen molar-refractivity contribution in [3.05, 3.63) is 28.8 Å². The highest BCUT2D eigenvalue weighted by Gasteiger charge is 2.30. The summed E-state index contributed by atoms with van der Waals surface area (Å²) >= 11 is 7.72. The van der Waals surface area contributed by atoms with E-state index in [1.165, 1.54) is 0 Å². The highest BCUT2D eigenvalue weighted by atomic mass is 35.5. The second-order valence-corrected chi connectivity index (χ2v) is 8.94. The van der Waals surface area contributed by atoms with Gasteiger partial charge in [-0.1, -0.05) is 13.0 Å². The molecule has 0 amide bonds.